The van der Waals surface area contributed by atoms with E-state index in [1.165, 1.54) is 0 Å². The van der Waals surface area contributed by atoms with Gasteiger partial charge in [-0.3, -0.25) is 14.4 Å². The first-order valence-corrected chi connectivity index (χ1v) is 7.98. The Kier molecular flexibility index (Phi) is 5.75. The van der Waals surface area contributed by atoms with Crippen LogP contribution in [0.2, 0.25) is 0 Å². The van der Waals surface area contributed by atoms with Crippen molar-refractivity contribution in [3.05, 3.63) is 59.4 Å². The Bertz CT molecular complexity index is 741. The van der Waals surface area contributed by atoms with Crippen LogP contribution >= 0.6 is 0 Å². The highest BCUT2D eigenvalue weighted by Gasteiger charge is 2.15. The van der Waals surface area contributed by atoms with Crippen molar-refractivity contribution < 1.29 is 19.1 Å². The average molecular weight is 342 g/mol. The second-order valence-corrected chi connectivity index (χ2v) is 6.68. The summed E-state index contributed by atoms with van der Waals surface area (Å²) < 4.78 is 4.85. The number of benzene rings is 1. The summed E-state index contributed by atoms with van der Waals surface area (Å²) in [6.45, 7) is 5.61. The average Bonchev–Trinajstić information content (AvgIpc) is 3.11. The van der Waals surface area contributed by atoms with Crippen molar-refractivity contribution in [2.45, 2.75) is 26.2 Å². The van der Waals surface area contributed by atoms with Crippen LogP contribution in [0.1, 0.15) is 47.2 Å². The SMILES string of the molecule is CC(C)(C)c1ccc(C(=O)NCC(=O)OCC(=O)c2ccc[nH]2)cc1. The van der Waals surface area contributed by atoms with Crippen LogP contribution in [0, 0.1) is 0 Å². The zero-order chi connectivity index (χ0) is 18.4. The Labute approximate surface area is 146 Å². The molecule has 1 amide bonds. The van der Waals surface area contributed by atoms with Crippen molar-refractivity contribution in [1.29, 1.82) is 0 Å². The Morgan fingerprint density at radius 1 is 1.08 bits per heavy atom. The molecule has 1 aromatic carbocycles. The molecule has 2 rings (SSSR count). The summed E-state index contributed by atoms with van der Waals surface area (Å²) in [5, 5.41) is 2.48. The Hall–Kier alpha value is -2.89. The fourth-order valence-electron chi connectivity index (χ4n) is 2.15. The molecule has 0 fully saturated rings. The van der Waals surface area contributed by atoms with E-state index in [1.54, 1.807) is 30.5 Å². The molecule has 0 saturated carbocycles. The van der Waals surface area contributed by atoms with E-state index in [1.807, 2.05) is 12.1 Å². The van der Waals surface area contributed by atoms with Gasteiger partial charge < -0.3 is 15.0 Å². The van der Waals surface area contributed by atoms with Gasteiger partial charge in [-0.15, -0.1) is 0 Å². The van der Waals surface area contributed by atoms with Crippen LogP contribution < -0.4 is 5.32 Å². The van der Waals surface area contributed by atoms with Gasteiger partial charge in [0.25, 0.3) is 5.91 Å². The number of carbonyl (C=O) groups is 3. The number of hydrogen-bond donors (Lipinski definition) is 2. The highest BCUT2D eigenvalue weighted by molar-refractivity contribution is 5.97. The van der Waals surface area contributed by atoms with Crippen LogP contribution in [0.4, 0.5) is 0 Å². The van der Waals surface area contributed by atoms with Gasteiger partial charge in [-0.1, -0.05) is 32.9 Å². The molecule has 1 heterocycles. The molecule has 2 N–H and O–H groups in total. The van der Waals surface area contributed by atoms with Crippen LogP contribution in [-0.2, 0) is 14.9 Å². The van der Waals surface area contributed by atoms with Crippen LogP contribution in [0.3, 0.4) is 0 Å². The van der Waals surface area contributed by atoms with Crippen molar-refractivity contribution in [3.8, 4) is 0 Å². The molecular formula is C19H22N2O4. The number of H-pyrrole nitrogens is 1. The minimum atomic E-state index is -0.667. The highest BCUT2D eigenvalue weighted by atomic mass is 16.5. The molecule has 0 aliphatic rings. The highest BCUT2D eigenvalue weighted by Crippen LogP contribution is 2.22. The zero-order valence-corrected chi connectivity index (χ0v) is 14.6. The molecular weight excluding hydrogens is 320 g/mol. The molecule has 0 spiro atoms. The molecule has 0 atom stereocenters. The van der Waals surface area contributed by atoms with E-state index in [0.29, 0.717) is 11.3 Å². The van der Waals surface area contributed by atoms with Gasteiger partial charge in [-0.05, 0) is 35.2 Å². The van der Waals surface area contributed by atoms with Crippen molar-refractivity contribution in [3.63, 3.8) is 0 Å². The summed E-state index contributed by atoms with van der Waals surface area (Å²) in [4.78, 5) is 38.1. The molecule has 0 bridgehead atoms. The molecule has 1 aromatic heterocycles. The van der Waals surface area contributed by atoms with Gasteiger partial charge in [0, 0.05) is 11.8 Å². The monoisotopic (exact) mass is 342 g/mol. The predicted octanol–water partition coefficient (Wildman–Crippen LogP) is 2.47. The van der Waals surface area contributed by atoms with E-state index >= 15 is 0 Å². The smallest absolute Gasteiger partial charge is 0.325 e. The third-order valence-electron chi connectivity index (χ3n) is 3.67. The standard InChI is InChI=1S/C19H22N2O4/c1-19(2,3)14-8-6-13(7-9-14)18(24)21-11-17(23)25-12-16(22)15-5-4-10-20-15/h4-10,20H,11-12H2,1-3H3,(H,21,24). The largest absolute Gasteiger partial charge is 0.456 e. The summed E-state index contributed by atoms with van der Waals surface area (Å²) in [6.07, 6.45) is 1.61. The second-order valence-electron chi connectivity index (χ2n) is 6.68. The van der Waals surface area contributed by atoms with Gasteiger partial charge in [-0.25, -0.2) is 0 Å². The van der Waals surface area contributed by atoms with E-state index in [9.17, 15) is 14.4 Å². The molecule has 6 heteroatoms. The Morgan fingerprint density at radius 2 is 1.76 bits per heavy atom. The van der Waals surface area contributed by atoms with Crippen LogP contribution in [-0.4, -0.2) is 35.8 Å². The van der Waals surface area contributed by atoms with Crippen LogP contribution in [0.15, 0.2) is 42.6 Å². The summed E-state index contributed by atoms with van der Waals surface area (Å²) in [5.41, 5.74) is 1.95. The Morgan fingerprint density at radius 3 is 2.32 bits per heavy atom. The van der Waals surface area contributed by atoms with E-state index in [0.717, 1.165) is 5.56 Å². The number of amides is 1. The maximum atomic E-state index is 12.0. The number of aromatic nitrogens is 1. The summed E-state index contributed by atoms with van der Waals surface area (Å²) in [7, 11) is 0. The van der Waals surface area contributed by atoms with Gasteiger partial charge in [0.1, 0.15) is 6.54 Å². The van der Waals surface area contributed by atoms with Gasteiger partial charge >= 0.3 is 5.97 Å². The first-order valence-electron chi connectivity index (χ1n) is 7.98. The maximum absolute atomic E-state index is 12.0. The molecule has 0 radical (unpaired) electrons. The molecule has 25 heavy (non-hydrogen) atoms. The van der Waals surface area contributed by atoms with E-state index in [-0.39, 0.29) is 30.3 Å². The molecule has 132 valence electrons. The minimum Gasteiger partial charge on any atom is -0.456 e. The van der Waals surface area contributed by atoms with Crippen molar-refractivity contribution >= 4 is 17.7 Å². The van der Waals surface area contributed by atoms with E-state index in [4.69, 9.17) is 4.74 Å². The number of aromatic amines is 1. The number of nitrogens with one attached hydrogen (secondary N) is 2. The molecule has 6 nitrogen and oxygen atoms in total. The number of rotatable bonds is 6. The van der Waals surface area contributed by atoms with Gasteiger partial charge in [0.2, 0.25) is 5.78 Å². The fraction of sp³-hybridized carbons (Fsp3) is 0.316. The first-order chi connectivity index (χ1) is 11.8. The predicted molar refractivity (Wildman–Crippen MR) is 93.6 cm³/mol. The quantitative estimate of drug-likeness (QED) is 0.623. The van der Waals surface area contributed by atoms with Crippen molar-refractivity contribution in [2.75, 3.05) is 13.2 Å². The number of carbonyl (C=O) groups excluding carboxylic acids is 3. The number of esters is 1. The lowest BCUT2D eigenvalue weighted by atomic mass is 9.87. The third-order valence-corrected chi connectivity index (χ3v) is 3.67. The number of hydrogen-bond acceptors (Lipinski definition) is 4. The number of ketones is 1. The lowest BCUT2D eigenvalue weighted by molar-refractivity contribution is -0.141. The lowest BCUT2D eigenvalue weighted by Crippen LogP contribution is -2.31. The van der Waals surface area contributed by atoms with E-state index < -0.39 is 5.97 Å². The molecule has 0 aliphatic carbocycles. The summed E-state index contributed by atoms with van der Waals surface area (Å²) >= 11 is 0. The Balaban J connectivity index is 1.79. The third kappa shape index (κ3) is 5.31. The van der Waals surface area contributed by atoms with E-state index in [2.05, 4.69) is 31.1 Å². The molecule has 0 unspecified atom stereocenters. The lowest BCUT2D eigenvalue weighted by Gasteiger charge is -2.19. The van der Waals surface area contributed by atoms with Crippen LogP contribution in [0.25, 0.3) is 0 Å². The topological polar surface area (TPSA) is 88.3 Å². The van der Waals surface area contributed by atoms with Crippen LogP contribution in [0.5, 0.6) is 0 Å². The second kappa shape index (κ2) is 7.79. The molecule has 0 aliphatic heterocycles. The first kappa shape index (κ1) is 18.4. The number of Topliss-reactive ketones (excluding diaryl/α,β-unsaturated/α-hetero) is 1. The molecule has 2 aromatic rings. The van der Waals surface area contributed by atoms with Gasteiger partial charge in [0.05, 0.1) is 5.69 Å². The summed E-state index contributed by atoms with van der Waals surface area (Å²) in [6, 6.07) is 10.5. The fourth-order valence-corrected chi connectivity index (χ4v) is 2.15. The molecule has 0 saturated heterocycles. The van der Waals surface area contributed by atoms with Crippen molar-refractivity contribution in [1.82, 2.24) is 10.3 Å². The normalized spacial score (nSPS) is 11.0. The van der Waals surface area contributed by atoms with Gasteiger partial charge in [0.15, 0.2) is 6.61 Å². The summed E-state index contributed by atoms with van der Waals surface area (Å²) in [5.74, 6) is -1.37. The van der Waals surface area contributed by atoms with Crippen molar-refractivity contribution in [2.24, 2.45) is 0 Å². The zero-order valence-electron chi connectivity index (χ0n) is 14.6. The van der Waals surface area contributed by atoms with Gasteiger partial charge in [-0.2, -0.15) is 0 Å². The minimum absolute atomic E-state index is 0.00445. The number of ether oxygens (including phenoxy) is 1. The maximum Gasteiger partial charge on any atom is 0.325 e.